The molecule has 2 aromatic rings. The Kier molecular flexibility index (Phi) is 11.6. The summed E-state index contributed by atoms with van der Waals surface area (Å²) in [6, 6.07) is 9.69. The molecular formula is C24H30FN3O. The van der Waals surface area contributed by atoms with Crippen LogP contribution in [0.25, 0.3) is 10.9 Å². The van der Waals surface area contributed by atoms with Crippen molar-refractivity contribution in [3.63, 3.8) is 0 Å². The number of hydrogen-bond acceptors (Lipinski definition) is 3. The normalized spacial score (nSPS) is 12.3. The maximum atomic E-state index is 11.5. The van der Waals surface area contributed by atoms with Crippen molar-refractivity contribution in [3.8, 4) is 0 Å². The smallest absolute Gasteiger partial charge is 0.248 e. The second kappa shape index (κ2) is 14.0. The second-order valence-corrected chi connectivity index (χ2v) is 6.30. The molecule has 0 fully saturated rings. The quantitative estimate of drug-likeness (QED) is 0.499. The number of nitrogens with zero attached hydrogens (tertiary/aromatic N) is 2. The largest absolute Gasteiger partial charge is 0.322 e. The van der Waals surface area contributed by atoms with Crippen LogP contribution in [0.1, 0.15) is 31.9 Å². The van der Waals surface area contributed by atoms with Gasteiger partial charge in [0.05, 0.1) is 19.2 Å². The van der Waals surface area contributed by atoms with Gasteiger partial charge in [-0.3, -0.25) is 19.2 Å². The highest BCUT2D eigenvalue weighted by molar-refractivity contribution is 6.00. The van der Waals surface area contributed by atoms with E-state index in [-0.39, 0.29) is 5.91 Å². The zero-order chi connectivity index (χ0) is 21.5. The van der Waals surface area contributed by atoms with Gasteiger partial charge in [0.25, 0.3) is 0 Å². The molecule has 1 heterocycles. The number of aliphatic imine (C=N–C) groups is 1. The number of rotatable bonds is 5. The van der Waals surface area contributed by atoms with Gasteiger partial charge in [0.15, 0.2) is 0 Å². The topological polar surface area (TPSA) is 54.4 Å². The van der Waals surface area contributed by atoms with Crippen molar-refractivity contribution in [2.45, 2.75) is 33.1 Å². The predicted molar refractivity (Wildman–Crippen MR) is 122 cm³/mol. The van der Waals surface area contributed by atoms with Crippen LogP contribution in [0, 0.1) is 6.92 Å². The minimum atomic E-state index is -0.101. The lowest BCUT2D eigenvalue weighted by Crippen LogP contribution is -2.07. The van der Waals surface area contributed by atoms with Gasteiger partial charge in [0.1, 0.15) is 0 Å². The average molecular weight is 396 g/mol. The van der Waals surface area contributed by atoms with E-state index in [1.807, 2.05) is 50.3 Å². The number of nitrogens with one attached hydrogen (secondary N) is 1. The van der Waals surface area contributed by atoms with E-state index in [0.29, 0.717) is 7.18 Å². The van der Waals surface area contributed by atoms with Crippen LogP contribution < -0.4 is 5.32 Å². The number of anilines is 1. The van der Waals surface area contributed by atoms with Gasteiger partial charge in [-0.2, -0.15) is 0 Å². The summed E-state index contributed by atoms with van der Waals surface area (Å²) in [4.78, 5) is 19.8. The molecule has 1 aliphatic carbocycles. The number of halogens is 1. The molecule has 0 radical (unpaired) electrons. The van der Waals surface area contributed by atoms with E-state index in [1.54, 1.807) is 6.08 Å². The number of fused-ring (bicyclic) bond motifs is 1. The molecule has 0 saturated heterocycles. The summed E-state index contributed by atoms with van der Waals surface area (Å²) in [5, 5.41) is 3.86. The summed E-state index contributed by atoms with van der Waals surface area (Å²) in [6.45, 7) is 8.16. The van der Waals surface area contributed by atoms with Crippen LogP contribution in [0.15, 0.2) is 71.3 Å². The molecule has 0 aliphatic heterocycles. The van der Waals surface area contributed by atoms with Gasteiger partial charge in [0.2, 0.25) is 5.91 Å². The van der Waals surface area contributed by atoms with E-state index in [4.69, 9.17) is 0 Å². The van der Waals surface area contributed by atoms with E-state index in [1.165, 1.54) is 18.4 Å². The molecule has 29 heavy (non-hydrogen) atoms. The van der Waals surface area contributed by atoms with Crippen LogP contribution in [-0.4, -0.2) is 31.3 Å². The van der Waals surface area contributed by atoms with E-state index in [9.17, 15) is 9.18 Å². The summed E-state index contributed by atoms with van der Waals surface area (Å²) in [5.74, 6) is -0.101. The van der Waals surface area contributed by atoms with Crippen molar-refractivity contribution in [2.75, 3.05) is 19.0 Å². The Morgan fingerprint density at radius 2 is 2.07 bits per heavy atom. The number of amides is 1. The standard InChI is InChI=1S/C15H16N2O.C8H11N.CH3F/c1-3-4-5-15(18)17-13-8-9-14-12(10-13)7-6-11(2)16-14;1-9-7-8-5-3-2-4-6-8;1-2/h4-10H,3H2,1-2H3,(H,17,18);3,5-6H,1-2,4,7H2;1H3/b5-4+;;. The lowest BCUT2D eigenvalue weighted by Gasteiger charge is -2.04. The number of alkyl halides is 1. The van der Waals surface area contributed by atoms with Crippen molar-refractivity contribution in [3.05, 3.63) is 72.0 Å². The molecule has 1 aliphatic rings. The van der Waals surface area contributed by atoms with Crippen molar-refractivity contribution >= 4 is 29.2 Å². The number of benzene rings is 1. The summed E-state index contributed by atoms with van der Waals surface area (Å²) in [6.07, 6.45) is 13.1. The monoisotopic (exact) mass is 395 g/mol. The Labute approximate surface area is 173 Å². The van der Waals surface area contributed by atoms with Gasteiger partial charge in [-0.1, -0.05) is 37.3 Å². The van der Waals surface area contributed by atoms with Crippen LogP contribution in [0.4, 0.5) is 10.1 Å². The number of aromatic nitrogens is 1. The Bertz CT molecular complexity index is 885. The molecule has 3 rings (SSSR count). The Morgan fingerprint density at radius 3 is 2.72 bits per heavy atom. The van der Waals surface area contributed by atoms with Crippen LogP contribution in [0.2, 0.25) is 0 Å². The van der Waals surface area contributed by atoms with Gasteiger partial charge in [0, 0.05) is 16.8 Å². The lowest BCUT2D eigenvalue weighted by atomic mass is 10.1. The zero-order valence-corrected chi connectivity index (χ0v) is 17.5. The molecule has 1 amide bonds. The Morgan fingerprint density at radius 1 is 1.28 bits per heavy atom. The fourth-order valence-corrected chi connectivity index (χ4v) is 2.63. The minimum Gasteiger partial charge on any atom is -0.322 e. The minimum absolute atomic E-state index is 0.101. The van der Waals surface area contributed by atoms with Gasteiger partial charge >= 0.3 is 0 Å². The van der Waals surface area contributed by atoms with Crippen LogP contribution in [-0.2, 0) is 4.79 Å². The molecule has 0 bridgehead atoms. The molecular weight excluding hydrogens is 365 g/mol. The fraction of sp³-hybridized carbons (Fsp3) is 0.292. The van der Waals surface area contributed by atoms with Crippen molar-refractivity contribution in [1.29, 1.82) is 0 Å². The number of allylic oxidation sites excluding steroid dienone is 3. The molecule has 0 unspecified atom stereocenters. The predicted octanol–water partition coefficient (Wildman–Crippen LogP) is 6.00. The molecule has 5 heteroatoms. The fourth-order valence-electron chi connectivity index (χ4n) is 2.63. The number of carbonyl (C=O) groups is 1. The molecule has 154 valence electrons. The van der Waals surface area contributed by atoms with Crippen LogP contribution in [0.5, 0.6) is 0 Å². The third-order valence-electron chi connectivity index (χ3n) is 3.97. The van der Waals surface area contributed by atoms with E-state index < -0.39 is 0 Å². The zero-order valence-electron chi connectivity index (χ0n) is 17.5. The molecule has 1 aromatic carbocycles. The molecule has 0 spiro atoms. The third-order valence-corrected chi connectivity index (χ3v) is 3.97. The molecule has 1 aromatic heterocycles. The van der Waals surface area contributed by atoms with Gasteiger partial charge in [-0.25, -0.2) is 0 Å². The number of pyridine rings is 1. The van der Waals surface area contributed by atoms with E-state index in [2.05, 4.69) is 40.2 Å². The summed E-state index contributed by atoms with van der Waals surface area (Å²) < 4.78 is 9.50. The summed E-state index contributed by atoms with van der Waals surface area (Å²) in [7, 11) is 0.500. The SMILES string of the molecule is C=NCC1=CCCC=C1.CC/C=C/C(=O)Nc1ccc2nc(C)ccc2c1.CF. The van der Waals surface area contributed by atoms with Crippen molar-refractivity contribution < 1.29 is 9.18 Å². The first-order valence-electron chi connectivity index (χ1n) is 9.63. The highest BCUT2D eigenvalue weighted by atomic mass is 19.1. The lowest BCUT2D eigenvalue weighted by molar-refractivity contribution is -0.111. The third kappa shape index (κ3) is 9.10. The van der Waals surface area contributed by atoms with E-state index >= 15 is 0 Å². The van der Waals surface area contributed by atoms with Gasteiger partial charge in [-0.15, -0.1) is 0 Å². The first-order valence-corrected chi connectivity index (χ1v) is 9.63. The first-order chi connectivity index (χ1) is 14.1. The molecule has 1 N–H and O–H groups in total. The van der Waals surface area contributed by atoms with Gasteiger partial charge < -0.3 is 5.32 Å². The molecule has 0 saturated carbocycles. The van der Waals surface area contributed by atoms with Gasteiger partial charge in [-0.05, 0) is 68.8 Å². The average Bonchev–Trinajstić information content (AvgIpc) is 2.75. The first kappa shape index (κ1) is 24.0. The maximum absolute atomic E-state index is 11.5. The van der Waals surface area contributed by atoms with Crippen molar-refractivity contribution in [1.82, 2.24) is 4.98 Å². The highest BCUT2D eigenvalue weighted by Gasteiger charge is 2.00. The Hall–Kier alpha value is -3.08. The Balaban J connectivity index is 0.000000321. The van der Waals surface area contributed by atoms with E-state index in [0.717, 1.165) is 35.2 Å². The van der Waals surface area contributed by atoms with Crippen LogP contribution >= 0.6 is 0 Å². The number of hydrogen-bond donors (Lipinski definition) is 1. The van der Waals surface area contributed by atoms with Crippen molar-refractivity contribution in [2.24, 2.45) is 4.99 Å². The second-order valence-electron chi connectivity index (χ2n) is 6.30. The van der Waals surface area contributed by atoms with Crippen LogP contribution in [0.3, 0.4) is 0 Å². The number of aryl methyl sites for hydroxylation is 1. The molecule has 4 nitrogen and oxygen atoms in total. The number of carbonyl (C=O) groups excluding carboxylic acids is 1. The summed E-state index contributed by atoms with van der Waals surface area (Å²) in [5.41, 5.74) is 4.03. The summed E-state index contributed by atoms with van der Waals surface area (Å²) >= 11 is 0. The molecule has 0 atom stereocenters. The highest BCUT2D eigenvalue weighted by Crippen LogP contribution is 2.18. The maximum Gasteiger partial charge on any atom is 0.248 e.